The van der Waals surface area contributed by atoms with E-state index in [4.69, 9.17) is 18.9 Å². The lowest BCUT2D eigenvalue weighted by atomic mass is 10.1. The average Bonchev–Trinajstić information content (AvgIpc) is 2.86. The van der Waals surface area contributed by atoms with Crippen LogP contribution in [0.15, 0.2) is 60.9 Å². The molecule has 34 heavy (non-hydrogen) atoms. The Morgan fingerprint density at radius 1 is 1.00 bits per heavy atom. The summed E-state index contributed by atoms with van der Waals surface area (Å²) in [4.78, 5) is 34.2. The molecule has 0 aliphatic rings. The van der Waals surface area contributed by atoms with Crippen molar-refractivity contribution in [2.45, 2.75) is 26.6 Å². The lowest BCUT2D eigenvalue weighted by Gasteiger charge is -2.23. The summed E-state index contributed by atoms with van der Waals surface area (Å²) in [5.41, 5.74) is 2.60. The number of carbonyl (C=O) groups is 2. The minimum Gasteiger partial charge on any atom is -0.487 e. The largest absolute Gasteiger partial charge is 0.487 e. The first-order chi connectivity index (χ1) is 16.5. The van der Waals surface area contributed by atoms with Crippen molar-refractivity contribution < 1.29 is 28.5 Å². The Hall–Kier alpha value is -3.98. The molecule has 3 aromatic rings. The van der Waals surface area contributed by atoms with E-state index in [0.717, 1.165) is 5.56 Å². The summed E-state index contributed by atoms with van der Waals surface area (Å²) < 4.78 is 21.5. The van der Waals surface area contributed by atoms with Gasteiger partial charge in [0.2, 0.25) is 5.88 Å². The Balaban J connectivity index is 1.86. The molecule has 0 saturated heterocycles. The Morgan fingerprint density at radius 3 is 2.50 bits per heavy atom. The minimum atomic E-state index is -0.476. The molecule has 0 spiro atoms. The number of benzene rings is 1. The fourth-order valence-electron chi connectivity index (χ4n) is 3.21. The zero-order chi connectivity index (χ0) is 24.3. The van der Waals surface area contributed by atoms with Gasteiger partial charge < -0.3 is 18.9 Å². The van der Waals surface area contributed by atoms with Crippen LogP contribution < -0.4 is 9.47 Å². The molecule has 0 saturated carbocycles. The molecule has 3 rings (SSSR count). The third-order valence-electron chi connectivity index (χ3n) is 4.88. The van der Waals surface area contributed by atoms with Gasteiger partial charge in [0.15, 0.2) is 0 Å². The Bertz CT molecular complexity index is 1110. The SMILES string of the molecule is COC(=O)c1ccncc1CN(COC(C)=O)Cc1nc(OC)ccc1OCc1ccccc1. The first-order valence-corrected chi connectivity index (χ1v) is 10.6. The molecule has 1 aromatic carbocycles. The number of aromatic nitrogens is 2. The van der Waals surface area contributed by atoms with Crippen LogP contribution in [0.5, 0.6) is 11.6 Å². The van der Waals surface area contributed by atoms with Crippen molar-refractivity contribution in [3.63, 3.8) is 0 Å². The maximum atomic E-state index is 12.2. The Morgan fingerprint density at radius 2 is 1.79 bits per heavy atom. The van der Waals surface area contributed by atoms with Gasteiger partial charge in [-0.3, -0.25) is 14.7 Å². The van der Waals surface area contributed by atoms with E-state index < -0.39 is 11.9 Å². The molecule has 0 amide bonds. The predicted molar refractivity (Wildman–Crippen MR) is 123 cm³/mol. The van der Waals surface area contributed by atoms with Crippen molar-refractivity contribution in [2.24, 2.45) is 0 Å². The summed E-state index contributed by atoms with van der Waals surface area (Å²) in [5, 5.41) is 0. The molecule has 0 aliphatic heterocycles. The number of rotatable bonds is 11. The van der Waals surface area contributed by atoms with Gasteiger partial charge in [-0.05, 0) is 23.3 Å². The van der Waals surface area contributed by atoms with Crippen LogP contribution in [-0.2, 0) is 34.0 Å². The zero-order valence-electron chi connectivity index (χ0n) is 19.4. The van der Waals surface area contributed by atoms with Crippen molar-refractivity contribution in [3.05, 3.63) is 83.3 Å². The van der Waals surface area contributed by atoms with Gasteiger partial charge in [0.05, 0.1) is 19.8 Å². The zero-order valence-corrected chi connectivity index (χ0v) is 19.4. The molecule has 0 radical (unpaired) electrons. The van der Waals surface area contributed by atoms with E-state index in [1.54, 1.807) is 24.4 Å². The minimum absolute atomic E-state index is 0.0259. The van der Waals surface area contributed by atoms with E-state index in [9.17, 15) is 9.59 Å². The van der Waals surface area contributed by atoms with Gasteiger partial charge in [-0.25, -0.2) is 9.78 Å². The molecule has 2 heterocycles. The summed E-state index contributed by atoms with van der Waals surface area (Å²) in [7, 11) is 2.85. The standard InChI is InChI=1S/C25H27N3O6/c1-18(29)34-17-28(14-20-13-26-12-11-21(20)25(30)32-3)15-22-23(9-10-24(27-22)31-2)33-16-19-7-5-4-6-8-19/h4-13H,14-17H2,1-3H3. The normalized spacial score (nSPS) is 10.6. The highest BCUT2D eigenvalue weighted by molar-refractivity contribution is 5.90. The van der Waals surface area contributed by atoms with Gasteiger partial charge in [0, 0.05) is 38.5 Å². The van der Waals surface area contributed by atoms with Crippen LogP contribution in [0.4, 0.5) is 0 Å². The van der Waals surface area contributed by atoms with Gasteiger partial charge in [-0.15, -0.1) is 0 Å². The molecular formula is C25H27N3O6. The van der Waals surface area contributed by atoms with Gasteiger partial charge in [-0.2, -0.15) is 0 Å². The Kier molecular flexibility index (Phi) is 8.93. The molecule has 0 aliphatic carbocycles. The van der Waals surface area contributed by atoms with E-state index in [1.807, 2.05) is 35.2 Å². The van der Waals surface area contributed by atoms with Gasteiger partial charge in [0.25, 0.3) is 0 Å². The highest BCUT2D eigenvalue weighted by Crippen LogP contribution is 2.24. The van der Waals surface area contributed by atoms with Crippen LogP contribution in [-0.4, -0.2) is 47.8 Å². The summed E-state index contributed by atoms with van der Waals surface area (Å²) in [6.07, 6.45) is 3.10. The fourth-order valence-corrected chi connectivity index (χ4v) is 3.21. The second kappa shape index (κ2) is 12.3. The van der Waals surface area contributed by atoms with E-state index in [0.29, 0.717) is 35.1 Å². The molecule has 0 bridgehead atoms. The summed E-state index contributed by atoms with van der Waals surface area (Å²) in [5.74, 6) is 0.0859. The second-order valence-corrected chi connectivity index (χ2v) is 7.35. The van der Waals surface area contributed by atoms with Gasteiger partial charge in [0.1, 0.15) is 24.8 Å². The number of pyridine rings is 2. The number of methoxy groups -OCH3 is 2. The molecule has 9 heteroatoms. The Labute approximate surface area is 198 Å². The summed E-state index contributed by atoms with van der Waals surface area (Å²) in [6, 6.07) is 14.9. The number of hydrogen-bond donors (Lipinski definition) is 0. The number of hydrogen-bond acceptors (Lipinski definition) is 9. The van der Waals surface area contributed by atoms with Gasteiger partial charge in [-0.1, -0.05) is 30.3 Å². The molecule has 0 fully saturated rings. The molecule has 0 unspecified atom stereocenters. The first-order valence-electron chi connectivity index (χ1n) is 10.6. The first kappa shape index (κ1) is 24.7. The van der Waals surface area contributed by atoms with E-state index in [1.165, 1.54) is 27.3 Å². The van der Waals surface area contributed by atoms with Crippen LogP contribution >= 0.6 is 0 Å². The molecule has 0 atom stereocenters. The highest BCUT2D eigenvalue weighted by atomic mass is 16.5. The van der Waals surface area contributed by atoms with E-state index in [-0.39, 0.29) is 19.8 Å². The van der Waals surface area contributed by atoms with Gasteiger partial charge >= 0.3 is 11.9 Å². The highest BCUT2D eigenvalue weighted by Gasteiger charge is 2.19. The van der Waals surface area contributed by atoms with Crippen molar-refractivity contribution in [2.75, 3.05) is 21.0 Å². The number of nitrogens with zero attached hydrogens (tertiary/aromatic N) is 3. The predicted octanol–water partition coefficient (Wildman–Crippen LogP) is 3.37. The maximum Gasteiger partial charge on any atom is 0.338 e. The molecule has 9 nitrogen and oxygen atoms in total. The van der Waals surface area contributed by atoms with Crippen molar-refractivity contribution in [1.29, 1.82) is 0 Å². The third-order valence-corrected chi connectivity index (χ3v) is 4.88. The third kappa shape index (κ3) is 7.01. The molecular weight excluding hydrogens is 438 g/mol. The summed E-state index contributed by atoms with van der Waals surface area (Å²) >= 11 is 0. The van der Waals surface area contributed by atoms with E-state index in [2.05, 4.69) is 9.97 Å². The van der Waals surface area contributed by atoms with Crippen LogP contribution in [0.1, 0.15) is 34.1 Å². The van der Waals surface area contributed by atoms with E-state index >= 15 is 0 Å². The number of esters is 2. The molecule has 0 N–H and O–H groups in total. The van der Waals surface area contributed by atoms with Crippen LogP contribution in [0.25, 0.3) is 0 Å². The summed E-state index contributed by atoms with van der Waals surface area (Å²) in [6.45, 7) is 2.18. The second-order valence-electron chi connectivity index (χ2n) is 7.35. The fraction of sp³-hybridized carbons (Fsp3) is 0.280. The van der Waals surface area contributed by atoms with Crippen LogP contribution in [0, 0.1) is 0 Å². The topological polar surface area (TPSA) is 100 Å². The van der Waals surface area contributed by atoms with Crippen molar-refractivity contribution >= 4 is 11.9 Å². The lowest BCUT2D eigenvalue weighted by Crippen LogP contribution is -2.28. The quantitative estimate of drug-likeness (QED) is 0.312. The monoisotopic (exact) mass is 465 g/mol. The van der Waals surface area contributed by atoms with Crippen molar-refractivity contribution in [3.8, 4) is 11.6 Å². The number of ether oxygens (including phenoxy) is 4. The lowest BCUT2D eigenvalue weighted by molar-refractivity contribution is -0.146. The number of carbonyl (C=O) groups excluding carboxylic acids is 2. The van der Waals surface area contributed by atoms with Crippen LogP contribution in [0.2, 0.25) is 0 Å². The van der Waals surface area contributed by atoms with Crippen molar-refractivity contribution in [1.82, 2.24) is 14.9 Å². The molecule has 178 valence electrons. The molecule has 2 aromatic heterocycles. The van der Waals surface area contributed by atoms with Crippen LogP contribution in [0.3, 0.4) is 0 Å². The average molecular weight is 466 g/mol. The maximum absolute atomic E-state index is 12.2. The smallest absolute Gasteiger partial charge is 0.338 e.